The number of aromatic nitrogens is 1. The first-order valence-electron chi connectivity index (χ1n) is 6.69. The molecule has 0 fully saturated rings. The number of hydrogen-bond acceptors (Lipinski definition) is 2. The number of benzene rings is 1. The molecule has 1 aromatic heterocycles. The zero-order valence-corrected chi connectivity index (χ0v) is 11.8. The molecule has 22 heavy (non-hydrogen) atoms. The van der Waals surface area contributed by atoms with Crippen LogP contribution in [0.25, 0.3) is 0 Å². The summed E-state index contributed by atoms with van der Waals surface area (Å²) in [5.41, 5.74) is -1.90. The highest BCUT2D eigenvalue weighted by Crippen LogP contribution is 2.45. The molecule has 1 atom stereocenters. The highest BCUT2D eigenvalue weighted by atomic mass is 19.4. The molecule has 0 aliphatic heterocycles. The highest BCUT2D eigenvalue weighted by Gasteiger charge is 2.55. The Labute approximate surface area is 127 Å². The van der Waals surface area contributed by atoms with E-state index in [1.165, 1.54) is 24.4 Å². The van der Waals surface area contributed by atoms with Crippen molar-refractivity contribution in [1.82, 2.24) is 4.98 Å². The lowest BCUT2D eigenvalue weighted by molar-refractivity contribution is -0.187. The molecule has 2 rings (SSSR count). The number of pyridine rings is 1. The van der Waals surface area contributed by atoms with Crippen molar-refractivity contribution in [3.63, 3.8) is 0 Å². The van der Waals surface area contributed by atoms with E-state index in [2.05, 4.69) is 16.6 Å². The topological polar surface area (TPSA) is 25.2 Å². The molecule has 5 heteroatoms. The molecule has 0 saturated carbocycles. The zero-order valence-electron chi connectivity index (χ0n) is 11.8. The Morgan fingerprint density at radius 3 is 2.27 bits per heavy atom. The van der Waals surface area contributed by atoms with Crippen molar-refractivity contribution in [2.24, 2.45) is 4.99 Å². The minimum atomic E-state index is -4.55. The van der Waals surface area contributed by atoms with Gasteiger partial charge < -0.3 is 0 Å². The summed E-state index contributed by atoms with van der Waals surface area (Å²) in [5, 5.41) is 0. The Kier molecular flexibility index (Phi) is 4.75. The summed E-state index contributed by atoms with van der Waals surface area (Å²) < 4.78 is 41.3. The Hall–Kier alpha value is -2.43. The summed E-state index contributed by atoms with van der Waals surface area (Å²) in [6.45, 7) is 3.45. The summed E-state index contributed by atoms with van der Waals surface area (Å²) >= 11 is 0. The molecule has 0 aliphatic carbocycles. The quantitative estimate of drug-likeness (QED) is 0.588. The van der Waals surface area contributed by atoms with E-state index in [4.69, 9.17) is 0 Å². The molecule has 0 aliphatic rings. The third kappa shape index (κ3) is 3.24. The van der Waals surface area contributed by atoms with Crippen LogP contribution in [0.15, 0.2) is 72.4 Å². The van der Waals surface area contributed by atoms with Crippen LogP contribution in [0, 0.1) is 0 Å². The molecular formula is C17H15F3N2. The molecule has 1 unspecified atom stereocenters. The lowest BCUT2D eigenvalue weighted by atomic mass is 9.86. The van der Waals surface area contributed by atoms with Crippen LogP contribution in [0.1, 0.15) is 17.7 Å². The summed E-state index contributed by atoms with van der Waals surface area (Å²) in [4.78, 5) is 7.85. The van der Waals surface area contributed by atoms with Gasteiger partial charge in [0.1, 0.15) is 0 Å². The third-order valence-corrected chi connectivity index (χ3v) is 3.27. The number of hydrogen-bond donors (Lipinski definition) is 0. The van der Waals surface area contributed by atoms with Gasteiger partial charge >= 0.3 is 6.18 Å². The summed E-state index contributed by atoms with van der Waals surface area (Å²) in [5.74, 6) is 0. The van der Waals surface area contributed by atoms with Gasteiger partial charge in [0.05, 0.1) is 5.69 Å². The maximum atomic E-state index is 13.8. The molecule has 0 radical (unpaired) electrons. The van der Waals surface area contributed by atoms with Crippen LogP contribution in [-0.4, -0.2) is 17.4 Å². The summed E-state index contributed by atoms with van der Waals surface area (Å²) in [6.07, 6.45) is -0.995. The molecule has 0 N–H and O–H groups in total. The van der Waals surface area contributed by atoms with E-state index in [0.717, 1.165) is 6.21 Å². The van der Waals surface area contributed by atoms with E-state index in [-0.39, 0.29) is 12.0 Å². The van der Waals surface area contributed by atoms with Crippen LogP contribution in [0.3, 0.4) is 0 Å². The number of rotatable bonds is 5. The molecule has 1 heterocycles. The van der Waals surface area contributed by atoms with Gasteiger partial charge in [-0.15, -0.1) is 6.58 Å². The van der Waals surface area contributed by atoms with Crippen LogP contribution >= 0.6 is 0 Å². The first-order valence-corrected chi connectivity index (χ1v) is 6.69. The fraction of sp³-hybridized carbons (Fsp3) is 0.176. The number of aliphatic imine (C=N–C) groups is 1. The normalized spacial score (nSPS) is 14.7. The monoisotopic (exact) mass is 304 g/mol. The van der Waals surface area contributed by atoms with Crippen molar-refractivity contribution in [3.05, 3.63) is 78.6 Å². The third-order valence-electron chi connectivity index (χ3n) is 3.27. The van der Waals surface area contributed by atoms with Gasteiger partial charge in [-0.2, -0.15) is 13.2 Å². The summed E-state index contributed by atoms with van der Waals surface area (Å²) in [7, 11) is 0. The van der Waals surface area contributed by atoms with Gasteiger partial charge in [0.25, 0.3) is 0 Å². The van der Waals surface area contributed by atoms with Gasteiger partial charge in [-0.25, -0.2) is 0 Å². The van der Waals surface area contributed by atoms with Crippen molar-refractivity contribution in [3.8, 4) is 0 Å². The Balaban J connectivity index is 2.54. The molecule has 2 aromatic rings. The fourth-order valence-electron chi connectivity index (χ4n) is 2.15. The van der Waals surface area contributed by atoms with Crippen molar-refractivity contribution in [2.45, 2.75) is 18.1 Å². The Bertz CT molecular complexity index is 636. The maximum absolute atomic E-state index is 13.8. The zero-order chi connectivity index (χ0) is 16.1. The van der Waals surface area contributed by atoms with E-state index < -0.39 is 11.7 Å². The predicted octanol–water partition coefficient (Wildman–Crippen LogP) is 4.53. The highest BCUT2D eigenvalue weighted by molar-refractivity contribution is 5.77. The van der Waals surface area contributed by atoms with E-state index in [1.807, 2.05) is 0 Å². The van der Waals surface area contributed by atoms with Crippen molar-refractivity contribution < 1.29 is 13.2 Å². The lowest BCUT2D eigenvalue weighted by Gasteiger charge is -2.31. The molecular weight excluding hydrogens is 289 g/mol. The maximum Gasteiger partial charge on any atom is 0.418 e. The van der Waals surface area contributed by atoms with Crippen LogP contribution in [0.4, 0.5) is 13.2 Å². The van der Waals surface area contributed by atoms with E-state index in [1.54, 1.807) is 36.4 Å². The largest absolute Gasteiger partial charge is 0.418 e. The number of nitrogens with zero attached hydrogens (tertiary/aromatic N) is 2. The van der Waals surface area contributed by atoms with Gasteiger partial charge in [0.15, 0.2) is 5.54 Å². The molecule has 1 aromatic carbocycles. The second kappa shape index (κ2) is 6.56. The second-order valence-electron chi connectivity index (χ2n) is 4.73. The van der Waals surface area contributed by atoms with E-state index >= 15 is 0 Å². The van der Waals surface area contributed by atoms with Crippen LogP contribution in [-0.2, 0) is 5.54 Å². The first-order chi connectivity index (χ1) is 10.5. The Morgan fingerprint density at radius 1 is 1.05 bits per heavy atom. The molecule has 114 valence electrons. The molecule has 0 amide bonds. The first kappa shape index (κ1) is 15.9. The average Bonchev–Trinajstić information content (AvgIpc) is 2.52. The van der Waals surface area contributed by atoms with E-state index in [0.29, 0.717) is 5.69 Å². The van der Waals surface area contributed by atoms with Crippen LogP contribution in [0.2, 0.25) is 0 Å². The number of halogens is 3. The lowest BCUT2D eigenvalue weighted by Crippen LogP contribution is -2.40. The standard InChI is InChI=1S/C17H15F3N2/c1-2-11-16(17(18,19)20,14-8-4-3-5-9-14)22-13-15-10-6-7-12-21-15/h2-10,12-13H,1,11H2. The van der Waals surface area contributed by atoms with Gasteiger partial charge in [0, 0.05) is 18.8 Å². The van der Waals surface area contributed by atoms with Gasteiger partial charge in [-0.1, -0.05) is 42.5 Å². The minimum absolute atomic E-state index is 0.0783. The molecule has 0 bridgehead atoms. The SMILES string of the molecule is C=CCC(N=Cc1ccccn1)(c1ccccc1)C(F)(F)F. The van der Waals surface area contributed by atoms with Crippen molar-refractivity contribution >= 4 is 6.21 Å². The average molecular weight is 304 g/mol. The van der Waals surface area contributed by atoms with Crippen molar-refractivity contribution in [2.75, 3.05) is 0 Å². The Morgan fingerprint density at radius 2 is 1.73 bits per heavy atom. The molecule has 0 saturated heterocycles. The van der Waals surface area contributed by atoms with Crippen LogP contribution < -0.4 is 0 Å². The fourth-order valence-corrected chi connectivity index (χ4v) is 2.15. The summed E-state index contributed by atoms with van der Waals surface area (Å²) in [6, 6.07) is 12.6. The number of alkyl halides is 3. The van der Waals surface area contributed by atoms with E-state index in [9.17, 15) is 13.2 Å². The van der Waals surface area contributed by atoms with Crippen LogP contribution in [0.5, 0.6) is 0 Å². The predicted molar refractivity (Wildman–Crippen MR) is 80.8 cm³/mol. The smallest absolute Gasteiger partial charge is 0.270 e. The second-order valence-corrected chi connectivity index (χ2v) is 4.73. The van der Waals surface area contributed by atoms with Gasteiger partial charge in [-0.05, 0) is 17.7 Å². The van der Waals surface area contributed by atoms with Crippen molar-refractivity contribution in [1.29, 1.82) is 0 Å². The minimum Gasteiger partial charge on any atom is -0.270 e. The molecule has 0 spiro atoms. The molecule has 2 nitrogen and oxygen atoms in total. The van der Waals surface area contributed by atoms with Gasteiger partial charge in [-0.3, -0.25) is 9.98 Å². The van der Waals surface area contributed by atoms with Gasteiger partial charge in [0.2, 0.25) is 0 Å².